The van der Waals surface area contributed by atoms with Crippen LogP contribution in [-0.4, -0.2) is 21.3 Å². The van der Waals surface area contributed by atoms with E-state index >= 15 is 0 Å². The third-order valence-corrected chi connectivity index (χ3v) is 2.41. The molecule has 0 atom stereocenters. The van der Waals surface area contributed by atoms with Gasteiger partial charge in [0.25, 0.3) is 0 Å². The number of hydrogen-bond acceptors (Lipinski definition) is 3. The van der Waals surface area contributed by atoms with Gasteiger partial charge in [-0.1, -0.05) is 19.1 Å². The molecule has 0 amide bonds. The fourth-order valence-electron chi connectivity index (χ4n) is 1.53. The topological polar surface area (TPSA) is 42.7 Å². The summed E-state index contributed by atoms with van der Waals surface area (Å²) >= 11 is 0. The lowest BCUT2D eigenvalue weighted by atomic mass is 10.2. The van der Waals surface area contributed by atoms with Crippen LogP contribution in [0.1, 0.15) is 18.9 Å². The molecule has 0 aliphatic rings. The Hall–Kier alpha value is -1.68. The summed E-state index contributed by atoms with van der Waals surface area (Å²) in [5.41, 5.74) is 2.38. The van der Waals surface area contributed by atoms with E-state index in [1.54, 1.807) is 12.7 Å². The predicted molar refractivity (Wildman–Crippen MR) is 63.4 cm³/mol. The lowest BCUT2D eigenvalue weighted by Gasteiger charge is -2.05. The maximum Gasteiger partial charge on any atom is 0.123 e. The van der Waals surface area contributed by atoms with Crippen molar-refractivity contribution >= 4 is 0 Å². The van der Waals surface area contributed by atoms with E-state index in [9.17, 15) is 0 Å². The van der Waals surface area contributed by atoms with E-state index in [-0.39, 0.29) is 0 Å². The molecule has 0 radical (unpaired) electrons. The van der Waals surface area contributed by atoms with Gasteiger partial charge in [-0.05, 0) is 30.7 Å². The van der Waals surface area contributed by atoms with Gasteiger partial charge in [-0.25, -0.2) is 0 Å². The normalized spacial score (nSPS) is 10.6. The number of rotatable bonds is 5. The van der Waals surface area contributed by atoms with Crippen LogP contribution in [-0.2, 0) is 6.54 Å². The second-order valence-electron chi connectivity index (χ2n) is 3.71. The molecule has 1 N–H and O–H groups in total. The molecule has 0 saturated heterocycles. The van der Waals surface area contributed by atoms with E-state index in [1.807, 2.05) is 4.57 Å². The van der Waals surface area contributed by atoms with Crippen molar-refractivity contribution in [3.8, 4) is 5.69 Å². The van der Waals surface area contributed by atoms with Crippen molar-refractivity contribution in [2.75, 3.05) is 6.54 Å². The molecule has 84 valence electrons. The zero-order valence-corrected chi connectivity index (χ0v) is 9.43. The van der Waals surface area contributed by atoms with Gasteiger partial charge in [-0.3, -0.25) is 4.57 Å². The number of benzene rings is 1. The van der Waals surface area contributed by atoms with Gasteiger partial charge >= 0.3 is 0 Å². The van der Waals surface area contributed by atoms with E-state index in [4.69, 9.17) is 0 Å². The van der Waals surface area contributed by atoms with Crippen LogP contribution in [0.5, 0.6) is 0 Å². The molecule has 0 spiro atoms. The Morgan fingerprint density at radius 3 is 2.44 bits per heavy atom. The molecular weight excluding hydrogens is 200 g/mol. The lowest BCUT2D eigenvalue weighted by Crippen LogP contribution is -2.13. The van der Waals surface area contributed by atoms with Gasteiger partial charge in [0.1, 0.15) is 12.7 Å². The Morgan fingerprint density at radius 2 is 1.81 bits per heavy atom. The smallest absolute Gasteiger partial charge is 0.123 e. The van der Waals surface area contributed by atoms with Crippen LogP contribution in [0.3, 0.4) is 0 Å². The molecule has 0 fully saturated rings. The summed E-state index contributed by atoms with van der Waals surface area (Å²) in [6, 6.07) is 8.40. The quantitative estimate of drug-likeness (QED) is 0.774. The molecule has 0 aliphatic heterocycles. The largest absolute Gasteiger partial charge is 0.313 e. The molecular formula is C12H16N4. The highest BCUT2D eigenvalue weighted by molar-refractivity contribution is 5.34. The van der Waals surface area contributed by atoms with Crippen molar-refractivity contribution in [3.63, 3.8) is 0 Å². The van der Waals surface area contributed by atoms with Gasteiger partial charge in [0, 0.05) is 12.2 Å². The summed E-state index contributed by atoms with van der Waals surface area (Å²) in [5.74, 6) is 0. The van der Waals surface area contributed by atoms with Crippen LogP contribution in [0, 0.1) is 0 Å². The van der Waals surface area contributed by atoms with Gasteiger partial charge in [-0.15, -0.1) is 10.2 Å². The average molecular weight is 216 g/mol. The van der Waals surface area contributed by atoms with Crippen LogP contribution in [0.2, 0.25) is 0 Å². The fourth-order valence-corrected chi connectivity index (χ4v) is 1.53. The van der Waals surface area contributed by atoms with Crippen LogP contribution in [0.15, 0.2) is 36.9 Å². The van der Waals surface area contributed by atoms with E-state index in [0.717, 1.165) is 18.8 Å². The average Bonchev–Trinajstić information content (AvgIpc) is 2.84. The third-order valence-electron chi connectivity index (χ3n) is 2.41. The van der Waals surface area contributed by atoms with Gasteiger partial charge < -0.3 is 5.32 Å². The molecule has 1 aromatic heterocycles. The molecule has 2 aromatic rings. The van der Waals surface area contributed by atoms with Crippen molar-refractivity contribution in [2.45, 2.75) is 19.9 Å². The first kappa shape index (κ1) is 10.8. The van der Waals surface area contributed by atoms with E-state index in [2.05, 4.69) is 46.7 Å². The monoisotopic (exact) mass is 216 g/mol. The first-order chi connectivity index (χ1) is 7.90. The Bertz CT molecular complexity index is 405. The fraction of sp³-hybridized carbons (Fsp3) is 0.333. The second kappa shape index (κ2) is 5.42. The second-order valence-corrected chi connectivity index (χ2v) is 3.71. The lowest BCUT2D eigenvalue weighted by molar-refractivity contribution is 0.675. The van der Waals surface area contributed by atoms with Gasteiger partial charge in [0.15, 0.2) is 0 Å². The predicted octanol–water partition coefficient (Wildman–Crippen LogP) is 1.77. The van der Waals surface area contributed by atoms with E-state index in [0.29, 0.717) is 0 Å². The molecule has 4 nitrogen and oxygen atoms in total. The van der Waals surface area contributed by atoms with Crippen molar-refractivity contribution in [1.29, 1.82) is 0 Å². The first-order valence-corrected chi connectivity index (χ1v) is 5.55. The highest BCUT2D eigenvalue weighted by atomic mass is 15.2. The zero-order chi connectivity index (χ0) is 11.2. The molecule has 0 saturated carbocycles. The molecule has 1 aromatic carbocycles. The Labute approximate surface area is 95.3 Å². The molecule has 0 unspecified atom stereocenters. The van der Waals surface area contributed by atoms with Crippen molar-refractivity contribution in [3.05, 3.63) is 42.5 Å². The summed E-state index contributed by atoms with van der Waals surface area (Å²) in [4.78, 5) is 0. The Kier molecular flexibility index (Phi) is 3.66. The maximum atomic E-state index is 3.78. The minimum atomic E-state index is 0.927. The summed E-state index contributed by atoms with van der Waals surface area (Å²) in [5, 5.41) is 10.9. The maximum absolute atomic E-state index is 3.78. The summed E-state index contributed by atoms with van der Waals surface area (Å²) in [7, 11) is 0. The van der Waals surface area contributed by atoms with Gasteiger partial charge in [-0.2, -0.15) is 0 Å². The van der Waals surface area contributed by atoms with Crippen molar-refractivity contribution in [1.82, 2.24) is 20.1 Å². The summed E-state index contributed by atoms with van der Waals surface area (Å²) in [6.07, 6.45) is 4.56. The van der Waals surface area contributed by atoms with Gasteiger partial charge in [0.05, 0.1) is 0 Å². The highest BCUT2D eigenvalue weighted by Crippen LogP contribution is 2.08. The standard InChI is InChI=1S/C12H16N4/c1-2-7-13-8-11-3-5-12(6-4-11)16-9-14-15-10-16/h3-6,9-10,13H,2,7-8H2,1H3. The number of hydrogen-bond donors (Lipinski definition) is 1. The minimum Gasteiger partial charge on any atom is -0.313 e. The van der Waals surface area contributed by atoms with E-state index in [1.165, 1.54) is 12.0 Å². The Balaban J connectivity index is 2.00. The van der Waals surface area contributed by atoms with Crippen LogP contribution in [0.4, 0.5) is 0 Å². The molecule has 2 rings (SSSR count). The SMILES string of the molecule is CCCNCc1ccc(-n2cnnc2)cc1. The number of nitrogens with zero attached hydrogens (tertiary/aromatic N) is 3. The summed E-state index contributed by atoms with van der Waals surface area (Å²) < 4.78 is 1.89. The van der Waals surface area contributed by atoms with Crippen LogP contribution in [0.25, 0.3) is 5.69 Å². The first-order valence-electron chi connectivity index (χ1n) is 5.55. The molecule has 4 heteroatoms. The molecule has 0 bridgehead atoms. The minimum absolute atomic E-state index is 0.927. The van der Waals surface area contributed by atoms with Crippen LogP contribution < -0.4 is 5.32 Å². The highest BCUT2D eigenvalue weighted by Gasteiger charge is 1.96. The van der Waals surface area contributed by atoms with Crippen LogP contribution >= 0.6 is 0 Å². The number of aromatic nitrogens is 3. The van der Waals surface area contributed by atoms with E-state index < -0.39 is 0 Å². The van der Waals surface area contributed by atoms with Crippen molar-refractivity contribution in [2.24, 2.45) is 0 Å². The molecule has 0 aliphatic carbocycles. The van der Waals surface area contributed by atoms with Gasteiger partial charge in [0.2, 0.25) is 0 Å². The number of nitrogens with one attached hydrogen (secondary N) is 1. The molecule has 1 heterocycles. The Morgan fingerprint density at radius 1 is 1.12 bits per heavy atom. The summed E-state index contributed by atoms with van der Waals surface area (Å²) in [6.45, 7) is 4.16. The zero-order valence-electron chi connectivity index (χ0n) is 9.43. The third kappa shape index (κ3) is 2.67. The molecule has 16 heavy (non-hydrogen) atoms. The van der Waals surface area contributed by atoms with Crippen molar-refractivity contribution < 1.29 is 0 Å².